The van der Waals surface area contributed by atoms with Gasteiger partial charge in [-0.2, -0.15) is 0 Å². The lowest BCUT2D eigenvalue weighted by molar-refractivity contribution is -0.123. The molecular weight excluding hydrogens is 488 g/mol. The largest absolute Gasteiger partial charge is 0.342 e. The lowest BCUT2D eigenvalue weighted by Crippen LogP contribution is -2.27. The van der Waals surface area contributed by atoms with Crippen molar-refractivity contribution < 1.29 is 9.59 Å². The van der Waals surface area contributed by atoms with E-state index in [1.165, 1.54) is 21.2 Å². The summed E-state index contributed by atoms with van der Waals surface area (Å²) in [5.41, 5.74) is 4.04. The van der Waals surface area contributed by atoms with Gasteiger partial charge in [0.15, 0.2) is 0 Å². The van der Waals surface area contributed by atoms with Gasteiger partial charge in [-0.05, 0) is 57.9 Å². The molecule has 0 N–H and O–H groups in total. The Morgan fingerprint density at radius 3 is 2.42 bits per heavy atom. The van der Waals surface area contributed by atoms with Crippen LogP contribution in [0.15, 0.2) is 102 Å². The summed E-state index contributed by atoms with van der Waals surface area (Å²) in [5.74, 6) is -0.282. The standard InChI is InChI=1S/C30H21ClN2O2S/c31-24-11-5-7-20(15-24)17-33-29(34)28(36-30(33)35)16-23-19-32(27-14-4-3-13-26(23)27)18-22-10-6-9-21-8-1-2-12-25(21)22/h1-16,19H,17-18H2/b28-16-. The van der Waals surface area contributed by atoms with Gasteiger partial charge >= 0.3 is 0 Å². The number of fused-ring (bicyclic) bond motifs is 2. The molecule has 4 nitrogen and oxygen atoms in total. The molecular formula is C30H21ClN2O2S. The molecule has 0 saturated carbocycles. The van der Waals surface area contributed by atoms with Gasteiger partial charge in [0.1, 0.15) is 0 Å². The molecule has 1 aliphatic heterocycles. The van der Waals surface area contributed by atoms with Crippen LogP contribution in [0, 0.1) is 0 Å². The second-order valence-corrected chi connectivity index (χ2v) is 10.2. The van der Waals surface area contributed by atoms with E-state index in [2.05, 4.69) is 65.4 Å². The molecule has 176 valence electrons. The summed E-state index contributed by atoms with van der Waals surface area (Å²) in [6, 6.07) is 30.1. The molecule has 0 aliphatic carbocycles. The molecule has 1 fully saturated rings. The fraction of sp³-hybridized carbons (Fsp3) is 0.0667. The second-order valence-electron chi connectivity index (χ2n) is 8.77. The topological polar surface area (TPSA) is 42.3 Å². The number of halogens is 1. The van der Waals surface area contributed by atoms with Gasteiger partial charge < -0.3 is 4.57 Å². The fourth-order valence-corrected chi connectivity index (χ4v) is 5.77. The summed E-state index contributed by atoms with van der Waals surface area (Å²) in [6.07, 6.45) is 3.90. The second kappa shape index (κ2) is 9.34. The van der Waals surface area contributed by atoms with Gasteiger partial charge in [-0.3, -0.25) is 14.5 Å². The van der Waals surface area contributed by atoms with E-state index in [1.54, 1.807) is 12.1 Å². The minimum absolute atomic E-state index is 0.200. The number of nitrogens with zero attached hydrogens (tertiary/aromatic N) is 2. The van der Waals surface area contributed by atoms with Crippen molar-refractivity contribution in [3.8, 4) is 0 Å². The fourth-order valence-electron chi connectivity index (χ4n) is 4.73. The lowest BCUT2D eigenvalue weighted by Gasteiger charge is -2.12. The van der Waals surface area contributed by atoms with E-state index in [-0.39, 0.29) is 17.7 Å². The Morgan fingerprint density at radius 2 is 1.56 bits per heavy atom. The van der Waals surface area contributed by atoms with Gasteiger partial charge in [-0.1, -0.05) is 84.4 Å². The maximum Gasteiger partial charge on any atom is 0.293 e. The van der Waals surface area contributed by atoms with Crippen molar-refractivity contribution in [1.82, 2.24) is 9.47 Å². The maximum absolute atomic E-state index is 13.2. The smallest absolute Gasteiger partial charge is 0.293 e. The number of rotatable bonds is 5. The molecule has 36 heavy (non-hydrogen) atoms. The molecule has 6 heteroatoms. The third-order valence-electron chi connectivity index (χ3n) is 6.43. The van der Waals surface area contributed by atoms with Crippen LogP contribution in [0.3, 0.4) is 0 Å². The number of aromatic nitrogens is 1. The average Bonchev–Trinajstić information content (AvgIpc) is 3.36. The number of para-hydroxylation sites is 1. The first-order valence-electron chi connectivity index (χ1n) is 11.6. The number of hydrogen-bond donors (Lipinski definition) is 0. The third kappa shape index (κ3) is 4.21. The highest BCUT2D eigenvalue weighted by Gasteiger charge is 2.35. The monoisotopic (exact) mass is 508 g/mol. The minimum Gasteiger partial charge on any atom is -0.342 e. The summed E-state index contributed by atoms with van der Waals surface area (Å²) in [4.78, 5) is 27.6. The zero-order valence-corrected chi connectivity index (χ0v) is 20.8. The number of hydrogen-bond acceptors (Lipinski definition) is 3. The molecule has 2 heterocycles. The number of carbonyl (C=O) groups is 2. The molecule has 0 unspecified atom stereocenters. The van der Waals surface area contributed by atoms with Crippen LogP contribution >= 0.6 is 23.4 Å². The molecule has 0 spiro atoms. The minimum atomic E-state index is -0.282. The van der Waals surface area contributed by atoms with Crippen LogP contribution in [0.2, 0.25) is 5.02 Å². The lowest BCUT2D eigenvalue weighted by atomic mass is 10.0. The van der Waals surface area contributed by atoms with Crippen LogP contribution in [-0.4, -0.2) is 20.6 Å². The van der Waals surface area contributed by atoms with Gasteiger partial charge in [0.05, 0.1) is 11.4 Å². The predicted octanol–water partition coefficient (Wildman–Crippen LogP) is 7.73. The van der Waals surface area contributed by atoms with Gasteiger partial charge in [0, 0.05) is 34.2 Å². The summed E-state index contributed by atoms with van der Waals surface area (Å²) in [6.45, 7) is 0.900. The van der Waals surface area contributed by atoms with Crippen LogP contribution in [0.5, 0.6) is 0 Å². The van der Waals surface area contributed by atoms with Crippen LogP contribution < -0.4 is 0 Å². The Balaban J connectivity index is 1.34. The van der Waals surface area contributed by atoms with Crippen molar-refractivity contribution in [2.24, 2.45) is 0 Å². The highest BCUT2D eigenvalue weighted by atomic mass is 35.5. The molecule has 5 aromatic rings. The molecule has 0 bridgehead atoms. The third-order valence-corrected chi connectivity index (χ3v) is 7.57. The van der Waals surface area contributed by atoms with E-state index < -0.39 is 0 Å². The number of imide groups is 1. The number of thioether (sulfide) groups is 1. The summed E-state index contributed by atoms with van der Waals surface area (Å²) >= 11 is 7.06. The zero-order chi connectivity index (χ0) is 24.6. The van der Waals surface area contributed by atoms with E-state index in [1.807, 2.05) is 30.3 Å². The van der Waals surface area contributed by atoms with Crippen LogP contribution in [-0.2, 0) is 17.9 Å². The van der Waals surface area contributed by atoms with Gasteiger partial charge in [0.2, 0.25) is 0 Å². The summed E-state index contributed by atoms with van der Waals surface area (Å²) < 4.78 is 2.21. The zero-order valence-electron chi connectivity index (χ0n) is 19.2. The number of benzene rings is 4. The Bertz CT molecular complexity index is 1680. The van der Waals surface area contributed by atoms with Crippen LogP contribution in [0.25, 0.3) is 27.8 Å². The van der Waals surface area contributed by atoms with Crippen molar-refractivity contribution in [1.29, 1.82) is 0 Å². The first-order valence-corrected chi connectivity index (χ1v) is 12.8. The molecule has 0 radical (unpaired) electrons. The predicted molar refractivity (Wildman–Crippen MR) is 148 cm³/mol. The van der Waals surface area contributed by atoms with Gasteiger partial charge in [-0.15, -0.1) is 0 Å². The Morgan fingerprint density at radius 1 is 0.806 bits per heavy atom. The van der Waals surface area contributed by atoms with Crippen molar-refractivity contribution in [3.05, 3.63) is 124 Å². The average molecular weight is 509 g/mol. The molecule has 2 amide bonds. The number of carbonyl (C=O) groups excluding carboxylic acids is 2. The molecule has 0 atom stereocenters. The number of amides is 2. The molecule has 1 saturated heterocycles. The van der Waals surface area contributed by atoms with Crippen molar-refractivity contribution in [3.63, 3.8) is 0 Å². The highest BCUT2D eigenvalue weighted by Crippen LogP contribution is 2.35. The molecule has 1 aliphatic rings. The molecule has 6 rings (SSSR count). The van der Waals surface area contributed by atoms with Crippen LogP contribution in [0.4, 0.5) is 4.79 Å². The molecule has 1 aromatic heterocycles. The quantitative estimate of drug-likeness (QED) is 0.228. The van der Waals surface area contributed by atoms with Gasteiger partial charge in [0.25, 0.3) is 11.1 Å². The Kier molecular flexibility index (Phi) is 5.88. The van der Waals surface area contributed by atoms with E-state index in [9.17, 15) is 9.59 Å². The van der Waals surface area contributed by atoms with Crippen LogP contribution in [0.1, 0.15) is 16.7 Å². The normalized spacial score (nSPS) is 15.0. The van der Waals surface area contributed by atoms with E-state index in [4.69, 9.17) is 11.6 Å². The van der Waals surface area contributed by atoms with Gasteiger partial charge in [-0.25, -0.2) is 0 Å². The summed E-state index contributed by atoms with van der Waals surface area (Å²) in [7, 11) is 0. The SMILES string of the molecule is O=C1S/C(=C\c2cn(Cc3cccc4ccccc34)c3ccccc23)C(=O)N1Cc1cccc(Cl)c1. The maximum atomic E-state index is 13.2. The Labute approximate surface area is 217 Å². The van der Waals surface area contributed by atoms with E-state index in [0.29, 0.717) is 16.5 Å². The molecule has 4 aromatic carbocycles. The first-order chi connectivity index (χ1) is 17.6. The summed E-state index contributed by atoms with van der Waals surface area (Å²) in [5, 5.41) is 3.78. The van der Waals surface area contributed by atoms with Crippen molar-refractivity contribution >= 4 is 62.3 Å². The first kappa shape index (κ1) is 22.7. The van der Waals surface area contributed by atoms with Crippen molar-refractivity contribution in [2.75, 3.05) is 0 Å². The highest BCUT2D eigenvalue weighted by molar-refractivity contribution is 8.18. The van der Waals surface area contributed by atoms with E-state index in [0.717, 1.165) is 33.8 Å². The van der Waals surface area contributed by atoms with E-state index >= 15 is 0 Å². The van der Waals surface area contributed by atoms with Crippen molar-refractivity contribution in [2.45, 2.75) is 13.1 Å². The Hall–Kier alpha value is -3.80.